The van der Waals surface area contributed by atoms with Gasteiger partial charge in [0, 0.05) is 28.6 Å². The molecule has 0 bridgehead atoms. The molecule has 2 N–H and O–H groups in total. The number of fused-ring (bicyclic) bond motifs is 1. The summed E-state index contributed by atoms with van der Waals surface area (Å²) >= 11 is 0. The highest BCUT2D eigenvalue weighted by atomic mass is 16.2. The molecule has 0 aliphatic heterocycles. The van der Waals surface area contributed by atoms with Crippen molar-refractivity contribution in [3.63, 3.8) is 0 Å². The minimum Gasteiger partial charge on any atom is -0.360 e. The van der Waals surface area contributed by atoms with Gasteiger partial charge in [0.2, 0.25) is 5.91 Å². The maximum atomic E-state index is 11.5. The Bertz CT molecular complexity index is 638. The van der Waals surface area contributed by atoms with Crippen LogP contribution in [0.2, 0.25) is 0 Å². The molecule has 0 radical (unpaired) electrons. The molecule has 1 saturated carbocycles. The lowest BCUT2D eigenvalue weighted by molar-refractivity contribution is -0.122. The first kappa shape index (κ1) is 12.0. The summed E-state index contributed by atoms with van der Waals surface area (Å²) in [4.78, 5) is 14.7. The first-order chi connectivity index (χ1) is 9.29. The van der Waals surface area contributed by atoms with Gasteiger partial charge in [0.1, 0.15) is 0 Å². The monoisotopic (exact) mass is 255 g/mol. The van der Waals surface area contributed by atoms with E-state index in [1.54, 1.807) is 6.21 Å². The maximum Gasteiger partial charge on any atom is 0.243 e. The van der Waals surface area contributed by atoms with Gasteiger partial charge in [-0.3, -0.25) is 4.79 Å². The van der Waals surface area contributed by atoms with Crippen molar-refractivity contribution in [2.24, 2.45) is 11.0 Å². The molecule has 0 saturated heterocycles. The van der Waals surface area contributed by atoms with Gasteiger partial charge in [0.25, 0.3) is 0 Å². The van der Waals surface area contributed by atoms with Crippen LogP contribution in [0.25, 0.3) is 10.9 Å². The molecule has 4 nitrogen and oxygen atoms in total. The van der Waals surface area contributed by atoms with E-state index in [2.05, 4.69) is 40.6 Å². The third kappa shape index (κ3) is 2.38. The smallest absolute Gasteiger partial charge is 0.243 e. The van der Waals surface area contributed by atoms with Crippen LogP contribution in [0.5, 0.6) is 0 Å². The van der Waals surface area contributed by atoms with Crippen LogP contribution < -0.4 is 5.43 Å². The van der Waals surface area contributed by atoms with Crippen LogP contribution in [0.3, 0.4) is 0 Å². The second-order valence-electron chi connectivity index (χ2n) is 4.95. The number of aromatic amines is 1. The van der Waals surface area contributed by atoms with Crippen molar-refractivity contribution in [2.75, 3.05) is 0 Å². The molecule has 1 amide bonds. The lowest BCUT2D eigenvalue weighted by Gasteiger charge is -1.99. The van der Waals surface area contributed by atoms with Crippen molar-refractivity contribution < 1.29 is 4.79 Å². The summed E-state index contributed by atoms with van der Waals surface area (Å²) < 4.78 is 0. The first-order valence-corrected chi connectivity index (χ1v) is 6.71. The second-order valence-corrected chi connectivity index (χ2v) is 4.95. The van der Waals surface area contributed by atoms with Crippen molar-refractivity contribution in [1.29, 1.82) is 0 Å². The summed E-state index contributed by atoms with van der Waals surface area (Å²) in [6.07, 6.45) is 6.62. The number of para-hydroxylation sites is 1. The zero-order chi connectivity index (χ0) is 13.2. The van der Waals surface area contributed by atoms with E-state index < -0.39 is 0 Å². The summed E-state index contributed by atoms with van der Waals surface area (Å²) in [5, 5.41) is 5.18. The molecular weight excluding hydrogens is 238 g/mol. The molecule has 1 aliphatic carbocycles. The number of aryl methyl sites for hydroxylation is 1. The molecule has 4 heteroatoms. The zero-order valence-corrected chi connectivity index (χ0v) is 10.9. The van der Waals surface area contributed by atoms with Gasteiger partial charge in [0.05, 0.1) is 6.21 Å². The van der Waals surface area contributed by atoms with E-state index in [0.29, 0.717) is 0 Å². The molecule has 1 fully saturated rings. The number of nitrogens with one attached hydrogen (secondary N) is 2. The zero-order valence-electron chi connectivity index (χ0n) is 10.9. The number of carbonyl (C=O) groups is 1. The minimum absolute atomic E-state index is 0.0327. The summed E-state index contributed by atoms with van der Waals surface area (Å²) in [7, 11) is 0. The van der Waals surface area contributed by atoms with Crippen LogP contribution in [-0.2, 0) is 11.2 Å². The van der Waals surface area contributed by atoms with Gasteiger partial charge in [-0.15, -0.1) is 0 Å². The van der Waals surface area contributed by atoms with Gasteiger partial charge in [-0.25, -0.2) is 5.43 Å². The number of carbonyl (C=O) groups excluding carboxylic acids is 1. The molecule has 1 aromatic carbocycles. The lowest BCUT2D eigenvalue weighted by Crippen LogP contribution is -2.18. The molecule has 3 rings (SSSR count). The van der Waals surface area contributed by atoms with Gasteiger partial charge < -0.3 is 4.98 Å². The summed E-state index contributed by atoms with van der Waals surface area (Å²) in [6.45, 7) is 2.14. The first-order valence-electron chi connectivity index (χ1n) is 6.71. The standard InChI is InChI=1S/C15H17N3O/c1-2-10-4-3-5-13-12(8-16-14(10)13)9-17-18-15(19)11-6-7-11/h3-5,8-9,11,16H,2,6-7H2,1H3,(H,18,19)/b17-9+. The van der Waals surface area contributed by atoms with E-state index in [4.69, 9.17) is 0 Å². The third-order valence-electron chi connectivity index (χ3n) is 3.54. The molecule has 0 atom stereocenters. The number of H-pyrrole nitrogens is 1. The number of benzene rings is 1. The van der Waals surface area contributed by atoms with E-state index in [-0.39, 0.29) is 11.8 Å². The van der Waals surface area contributed by atoms with E-state index in [1.165, 1.54) is 5.56 Å². The van der Waals surface area contributed by atoms with Gasteiger partial charge in [-0.2, -0.15) is 5.10 Å². The van der Waals surface area contributed by atoms with Crippen molar-refractivity contribution in [1.82, 2.24) is 10.4 Å². The fourth-order valence-corrected chi connectivity index (χ4v) is 2.24. The fourth-order valence-electron chi connectivity index (χ4n) is 2.24. The molecule has 0 spiro atoms. The van der Waals surface area contributed by atoms with Crippen LogP contribution in [0.4, 0.5) is 0 Å². The fraction of sp³-hybridized carbons (Fsp3) is 0.333. The number of amides is 1. The largest absolute Gasteiger partial charge is 0.360 e. The highest BCUT2D eigenvalue weighted by molar-refractivity contribution is 6.00. The maximum absolute atomic E-state index is 11.5. The van der Waals surface area contributed by atoms with E-state index in [9.17, 15) is 4.79 Å². The minimum atomic E-state index is 0.0327. The van der Waals surface area contributed by atoms with E-state index in [1.807, 2.05) is 6.20 Å². The molecule has 98 valence electrons. The SMILES string of the molecule is CCc1cccc2c(/C=N/NC(=O)C3CC3)c[nH]c12. The molecule has 19 heavy (non-hydrogen) atoms. The molecule has 1 aliphatic rings. The number of hydrazone groups is 1. The Morgan fingerprint density at radius 1 is 1.53 bits per heavy atom. The Labute approximate surface area is 111 Å². The van der Waals surface area contributed by atoms with Crippen LogP contribution >= 0.6 is 0 Å². The Morgan fingerprint density at radius 3 is 3.11 bits per heavy atom. The topological polar surface area (TPSA) is 57.2 Å². The number of hydrogen-bond donors (Lipinski definition) is 2. The number of hydrogen-bond acceptors (Lipinski definition) is 2. The van der Waals surface area contributed by atoms with Crippen LogP contribution in [0.15, 0.2) is 29.5 Å². The van der Waals surface area contributed by atoms with E-state index >= 15 is 0 Å². The van der Waals surface area contributed by atoms with Gasteiger partial charge in [-0.1, -0.05) is 25.1 Å². The van der Waals surface area contributed by atoms with Crippen molar-refractivity contribution in [3.8, 4) is 0 Å². The predicted octanol–water partition coefficient (Wildman–Crippen LogP) is 2.59. The summed E-state index contributed by atoms with van der Waals surface area (Å²) in [5.74, 6) is 0.220. The normalized spacial score (nSPS) is 15.2. The highest BCUT2D eigenvalue weighted by Gasteiger charge is 2.29. The average Bonchev–Trinajstić information content (AvgIpc) is 3.20. The van der Waals surface area contributed by atoms with Gasteiger partial charge in [-0.05, 0) is 24.8 Å². The number of rotatable bonds is 4. The van der Waals surface area contributed by atoms with Crippen LogP contribution in [0, 0.1) is 5.92 Å². The Hall–Kier alpha value is -2.10. The summed E-state index contributed by atoms with van der Waals surface area (Å²) in [6, 6.07) is 6.23. The highest BCUT2D eigenvalue weighted by Crippen LogP contribution is 2.28. The van der Waals surface area contributed by atoms with Crippen molar-refractivity contribution >= 4 is 23.0 Å². The summed E-state index contributed by atoms with van der Waals surface area (Å²) in [5.41, 5.74) is 6.04. The quantitative estimate of drug-likeness (QED) is 0.640. The van der Waals surface area contributed by atoms with Crippen molar-refractivity contribution in [2.45, 2.75) is 26.2 Å². The third-order valence-corrected chi connectivity index (χ3v) is 3.54. The van der Waals surface area contributed by atoms with Crippen LogP contribution in [0.1, 0.15) is 30.9 Å². The van der Waals surface area contributed by atoms with E-state index in [0.717, 1.165) is 35.7 Å². The second kappa shape index (κ2) is 4.88. The molecule has 2 aromatic rings. The van der Waals surface area contributed by atoms with Crippen LogP contribution in [-0.4, -0.2) is 17.1 Å². The predicted molar refractivity (Wildman–Crippen MR) is 76.1 cm³/mol. The molecule has 0 unspecified atom stereocenters. The Kier molecular flexibility index (Phi) is 3.07. The Balaban J connectivity index is 1.80. The Morgan fingerprint density at radius 2 is 2.37 bits per heavy atom. The molecule has 1 heterocycles. The molecular formula is C15H17N3O. The van der Waals surface area contributed by atoms with Gasteiger partial charge >= 0.3 is 0 Å². The average molecular weight is 255 g/mol. The number of nitrogens with zero attached hydrogens (tertiary/aromatic N) is 1. The van der Waals surface area contributed by atoms with Gasteiger partial charge in [0.15, 0.2) is 0 Å². The lowest BCUT2D eigenvalue weighted by atomic mass is 10.1. The van der Waals surface area contributed by atoms with Crippen molar-refractivity contribution in [3.05, 3.63) is 35.5 Å². The molecule has 1 aromatic heterocycles. The number of aromatic nitrogens is 1.